The molecule has 7 heteroatoms. The molecule has 6 nitrogen and oxygen atoms in total. The highest BCUT2D eigenvalue weighted by Gasteiger charge is 2.12. The predicted octanol–water partition coefficient (Wildman–Crippen LogP) is 0.383. The summed E-state index contributed by atoms with van der Waals surface area (Å²) in [5.41, 5.74) is 11.6. The fraction of sp³-hybridized carbons (Fsp3) is 0.222. The highest BCUT2D eigenvalue weighted by molar-refractivity contribution is 7.99. The van der Waals surface area contributed by atoms with Gasteiger partial charge in [-0.15, -0.1) is 0 Å². The van der Waals surface area contributed by atoms with E-state index >= 15 is 0 Å². The summed E-state index contributed by atoms with van der Waals surface area (Å²) in [6.45, 7) is 0. The number of pyridine rings is 1. The summed E-state index contributed by atoms with van der Waals surface area (Å²) in [5.74, 6) is -0.137. The summed E-state index contributed by atoms with van der Waals surface area (Å²) >= 11 is 1.06. The maximum absolute atomic E-state index is 10.9. The van der Waals surface area contributed by atoms with Crippen LogP contribution in [-0.2, 0) is 9.53 Å². The third-order valence-corrected chi connectivity index (χ3v) is 2.65. The average molecular weight is 238 g/mol. The molecule has 0 radical (unpaired) electrons. The van der Waals surface area contributed by atoms with Crippen molar-refractivity contribution in [3.8, 4) is 6.07 Å². The van der Waals surface area contributed by atoms with Crippen molar-refractivity contribution in [3.63, 3.8) is 0 Å². The second-order valence-electron chi connectivity index (χ2n) is 2.79. The molecule has 0 atom stereocenters. The molecule has 0 aromatic carbocycles. The summed E-state index contributed by atoms with van der Waals surface area (Å²) < 4.78 is 4.47. The molecule has 84 valence electrons. The number of hydrogen-bond acceptors (Lipinski definition) is 7. The maximum Gasteiger partial charge on any atom is 0.316 e. The van der Waals surface area contributed by atoms with Gasteiger partial charge >= 0.3 is 5.97 Å². The summed E-state index contributed by atoms with van der Waals surface area (Å²) in [6, 6.07) is 3.32. The topological polar surface area (TPSA) is 115 Å². The zero-order valence-electron chi connectivity index (χ0n) is 8.56. The smallest absolute Gasteiger partial charge is 0.316 e. The number of nitrogen functional groups attached to an aromatic ring is 2. The number of hydrogen-bond donors (Lipinski definition) is 2. The number of nitrogens with two attached hydrogens (primary N) is 2. The van der Waals surface area contributed by atoms with Gasteiger partial charge in [0, 0.05) is 6.07 Å². The van der Waals surface area contributed by atoms with Crippen LogP contribution >= 0.6 is 11.8 Å². The van der Waals surface area contributed by atoms with Gasteiger partial charge in [0.1, 0.15) is 22.5 Å². The van der Waals surface area contributed by atoms with E-state index in [0.29, 0.717) is 5.03 Å². The SMILES string of the molecule is COC(=O)CSc1nc(N)cc(N)c1C#N. The van der Waals surface area contributed by atoms with Gasteiger partial charge in [0.2, 0.25) is 0 Å². The Morgan fingerprint density at radius 2 is 2.38 bits per heavy atom. The molecule has 16 heavy (non-hydrogen) atoms. The van der Waals surface area contributed by atoms with E-state index in [-0.39, 0.29) is 22.8 Å². The Bertz CT molecular complexity index is 456. The predicted molar refractivity (Wildman–Crippen MR) is 60.5 cm³/mol. The molecule has 0 aliphatic heterocycles. The molecule has 4 N–H and O–H groups in total. The number of nitriles is 1. The number of thioether (sulfide) groups is 1. The molecule has 1 aromatic rings. The molecule has 0 spiro atoms. The van der Waals surface area contributed by atoms with E-state index in [4.69, 9.17) is 16.7 Å². The molecule has 0 aliphatic carbocycles. The van der Waals surface area contributed by atoms with Gasteiger partial charge in [0.15, 0.2) is 0 Å². The van der Waals surface area contributed by atoms with Crippen molar-refractivity contribution in [2.75, 3.05) is 24.3 Å². The Morgan fingerprint density at radius 3 is 2.94 bits per heavy atom. The van der Waals surface area contributed by atoms with Gasteiger partial charge in [0.05, 0.1) is 18.6 Å². The molecule has 1 aromatic heterocycles. The number of carbonyl (C=O) groups excluding carboxylic acids is 1. The minimum absolute atomic E-state index is 0.0566. The number of methoxy groups -OCH3 is 1. The third-order valence-electron chi connectivity index (χ3n) is 1.70. The highest BCUT2D eigenvalue weighted by Crippen LogP contribution is 2.26. The molecule has 1 rings (SSSR count). The van der Waals surface area contributed by atoms with Crippen LogP contribution in [0.25, 0.3) is 0 Å². The molecule has 0 aliphatic rings. The van der Waals surface area contributed by atoms with Crippen LogP contribution in [0.5, 0.6) is 0 Å². The van der Waals surface area contributed by atoms with Crippen molar-refractivity contribution in [1.82, 2.24) is 4.98 Å². The molecule has 0 amide bonds. The van der Waals surface area contributed by atoms with Crippen LogP contribution in [0.15, 0.2) is 11.1 Å². The Labute approximate surface area is 96.6 Å². The lowest BCUT2D eigenvalue weighted by Gasteiger charge is -2.05. The van der Waals surface area contributed by atoms with Crippen LogP contribution in [0.2, 0.25) is 0 Å². The molecule has 0 saturated heterocycles. The normalized spacial score (nSPS) is 9.50. The Balaban J connectivity index is 2.95. The van der Waals surface area contributed by atoms with E-state index in [1.807, 2.05) is 6.07 Å². The van der Waals surface area contributed by atoms with E-state index < -0.39 is 5.97 Å². The van der Waals surface area contributed by atoms with Crippen molar-refractivity contribution in [2.45, 2.75) is 5.03 Å². The summed E-state index contributed by atoms with van der Waals surface area (Å²) in [4.78, 5) is 14.9. The highest BCUT2D eigenvalue weighted by atomic mass is 32.2. The fourth-order valence-corrected chi connectivity index (χ4v) is 1.81. The van der Waals surface area contributed by atoms with E-state index in [1.165, 1.54) is 13.2 Å². The van der Waals surface area contributed by atoms with Crippen LogP contribution in [0.3, 0.4) is 0 Å². The van der Waals surface area contributed by atoms with Gasteiger partial charge in [0.25, 0.3) is 0 Å². The Kier molecular flexibility index (Phi) is 3.96. The first kappa shape index (κ1) is 12.1. The van der Waals surface area contributed by atoms with E-state index in [2.05, 4.69) is 9.72 Å². The summed E-state index contributed by atoms with van der Waals surface area (Å²) in [6.07, 6.45) is 0. The molecule has 0 fully saturated rings. The Hall–Kier alpha value is -1.94. The van der Waals surface area contributed by atoms with E-state index in [1.54, 1.807) is 0 Å². The van der Waals surface area contributed by atoms with Gasteiger partial charge in [-0.2, -0.15) is 5.26 Å². The number of esters is 1. The summed E-state index contributed by atoms with van der Waals surface area (Å²) in [7, 11) is 1.29. The largest absolute Gasteiger partial charge is 0.468 e. The van der Waals surface area contributed by atoms with Crippen molar-refractivity contribution >= 4 is 29.2 Å². The zero-order valence-corrected chi connectivity index (χ0v) is 9.37. The minimum atomic E-state index is -0.406. The van der Waals surface area contributed by atoms with Gasteiger partial charge in [-0.05, 0) is 0 Å². The fourth-order valence-electron chi connectivity index (χ4n) is 0.963. The second kappa shape index (κ2) is 5.23. The van der Waals surface area contributed by atoms with Crippen LogP contribution in [0.1, 0.15) is 5.56 Å². The van der Waals surface area contributed by atoms with Gasteiger partial charge in [-0.1, -0.05) is 11.8 Å². The molecular formula is C9H10N4O2S. The van der Waals surface area contributed by atoms with Crippen LogP contribution in [0.4, 0.5) is 11.5 Å². The molecule has 0 saturated carbocycles. The third kappa shape index (κ3) is 2.77. The standard InChI is InChI=1S/C9H10N4O2S/c1-15-8(14)4-16-9-5(3-10)6(11)2-7(12)13-9/h2H,4H2,1H3,(H4,11,12,13). The number of aromatic nitrogens is 1. The average Bonchev–Trinajstić information content (AvgIpc) is 2.25. The van der Waals surface area contributed by atoms with E-state index in [9.17, 15) is 4.79 Å². The maximum atomic E-state index is 10.9. The lowest BCUT2D eigenvalue weighted by molar-refractivity contribution is -0.137. The monoisotopic (exact) mass is 238 g/mol. The van der Waals surface area contributed by atoms with Crippen LogP contribution in [-0.4, -0.2) is 23.8 Å². The first-order valence-corrected chi connectivity index (χ1v) is 5.22. The number of nitrogens with zero attached hydrogens (tertiary/aromatic N) is 2. The molecule has 1 heterocycles. The number of carbonyl (C=O) groups is 1. The first-order valence-electron chi connectivity index (χ1n) is 4.24. The molecule has 0 unspecified atom stereocenters. The quantitative estimate of drug-likeness (QED) is 0.577. The Morgan fingerprint density at radius 1 is 1.69 bits per heavy atom. The van der Waals surface area contributed by atoms with Crippen LogP contribution in [0, 0.1) is 11.3 Å². The molecule has 0 bridgehead atoms. The summed E-state index contributed by atoms with van der Waals surface area (Å²) in [5, 5.41) is 9.21. The van der Waals surface area contributed by atoms with Crippen molar-refractivity contribution in [1.29, 1.82) is 5.26 Å². The minimum Gasteiger partial charge on any atom is -0.468 e. The first-order chi connectivity index (χ1) is 7.58. The van der Waals surface area contributed by atoms with Gasteiger partial charge in [-0.25, -0.2) is 4.98 Å². The van der Waals surface area contributed by atoms with Gasteiger partial charge < -0.3 is 16.2 Å². The zero-order chi connectivity index (χ0) is 12.1. The second-order valence-corrected chi connectivity index (χ2v) is 3.76. The number of rotatable bonds is 3. The van der Waals surface area contributed by atoms with Crippen LogP contribution < -0.4 is 11.5 Å². The van der Waals surface area contributed by atoms with E-state index in [0.717, 1.165) is 11.8 Å². The molecular weight excluding hydrogens is 228 g/mol. The van der Waals surface area contributed by atoms with Crippen molar-refractivity contribution in [3.05, 3.63) is 11.6 Å². The van der Waals surface area contributed by atoms with Gasteiger partial charge in [-0.3, -0.25) is 4.79 Å². The number of anilines is 2. The van der Waals surface area contributed by atoms with Crippen molar-refractivity contribution in [2.24, 2.45) is 0 Å². The lowest BCUT2D eigenvalue weighted by atomic mass is 10.2. The number of ether oxygens (including phenoxy) is 1. The van der Waals surface area contributed by atoms with Crippen molar-refractivity contribution < 1.29 is 9.53 Å². The lowest BCUT2D eigenvalue weighted by Crippen LogP contribution is -2.05.